The van der Waals surface area contributed by atoms with Crippen molar-refractivity contribution in [1.82, 2.24) is 0 Å². The van der Waals surface area contributed by atoms with Crippen LogP contribution in [0.4, 0.5) is 4.39 Å². The van der Waals surface area contributed by atoms with Gasteiger partial charge in [0, 0.05) is 5.56 Å². The number of ether oxygens (including phenoxy) is 3. The topological polar surface area (TPSA) is 52.4 Å². The highest BCUT2D eigenvalue weighted by atomic mass is 19.1. The lowest BCUT2D eigenvalue weighted by Crippen LogP contribution is -1.96. The Morgan fingerprint density at radius 2 is 1.30 bits per heavy atom. The minimum Gasteiger partial charge on any atom is -0.493 e. The maximum absolute atomic E-state index is 12.8. The van der Waals surface area contributed by atoms with Crippen LogP contribution < -0.4 is 14.2 Å². The summed E-state index contributed by atoms with van der Waals surface area (Å²) < 4.78 is 28.6. The molecule has 2 aromatic rings. The molecule has 2 rings (SSSR count). The largest absolute Gasteiger partial charge is 0.493 e. The Morgan fingerprint density at radius 3 is 1.78 bits per heavy atom. The average molecular weight is 316 g/mol. The van der Waals surface area contributed by atoms with Gasteiger partial charge >= 0.3 is 0 Å². The van der Waals surface area contributed by atoms with E-state index >= 15 is 0 Å². The van der Waals surface area contributed by atoms with E-state index in [1.54, 1.807) is 51.8 Å². The fraction of sp³-hybridized carbons (Fsp3) is 0.176. The number of hydrogen-bond donors (Lipinski definition) is 0. The van der Waals surface area contributed by atoms with E-state index in [-0.39, 0.29) is 5.82 Å². The molecule has 0 aromatic heterocycles. The van der Waals surface area contributed by atoms with Crippen molar-refractivity contribution in [3.63, 3.8) is 0 Å². The summed E-state index contributed by atoms with van der Waals surface area (Å²) in [6.07, 6.45) is 3.10. The van der Waals surface area contributed by atoms with Crippen molar-refractivity contribution in [2.24, 2.45) is 10.2 Å². The monoisotopic (exact) mass is 316 g/mol. The van der Waals surface area contributed by atoms with Gasteiger partial charge in [0.2, 0.25) is 5.75 Å². The van der Waals surface area contributed by atoms with Crippen LogP contribution >= 0.6 is 0 Å². The summed E-state index contributed by atoms with van der Waals surface area (Å²) in [5.41, 5.74) is 1.50. The number of hydrogen-bond acceptors (Lipinski definition) is 5. The molecule has 0 N–H and O–H groups in total. The Morgan fingerprint density at radius 1 is 0.783 bits per heavy atom. The quantitative estimate of drug-likeness (QED) is 0.607. The maximum atomic E-state index is 12.8. The summed E-state index contributed by atoms with van der Waals surface area (Å²) in [6.45, 7) is 0. The predicted molar refractivity (Wildman–Crippen MR) is 87.7 cm³/mol. The molecule has 0 spiro atoms. The molecular formula is C17H17FN2O3. The van der Waals surface area contributed by atoms with E-state index in [4.69, 9.17) is 14.2 Å². The lowest BCUT2D eigenvalue weighted by molar-refractivity contribution is 0.324. The van der Waals surface area contributed by atoms with E-state index in [2.05, 4.69) is 10.2 Å². The first kappa shape index (κ1) is 16.5. The van der Waals surface area contributed by atoms with E-state index in [9.17, 15) is 4.39 Å². The number of nitrogens with zero attached hydrogens (tertiary/aromatic N) is 2. The highest BCUT2D eigenvalue weighted by Gasteiger charge is 2.12. The molecule has 120 valence electrons. The normalized spacial score (nSPS) is 11.1. The molecule has 0 saturated heterocycles. The van der Waals surface area contributed by atoms with Gasteiger partial charge in [-0.05, 0) is 29.8 Å². The van der Waals surface area contributed by atoms with Crippen LogP contribution in [0.1, 0.15) is 11.1 Å². The lowest BCUT2D eigenvalue weighted by Gasteiger charge is -2.12. The van der Waals surface area contributed by atoms with Gasteiger partial charge in [-0.25, -0.2) is 4.39 Å². The van der Waals surface area contributed by atoms with Crippen molar-refractivity contribution >= 4 is 12.4 Å². The average Bonchev–Trinajstić information content (AvgIpc) is 2.59. The first-order chi connectivity index (χ1) is 11.2. The molecule has 5 nitrogen and oxygen atoms in total. The molecule has 0 heterocycles. The standard InChI is InChI=1S/C17H17FN2O3/c1-21-15-8-13(9-16(22-2)17(15)23-3)11-20-19-10-12-4-6-14(18)7-5-12/h4-11H,1-3H3. The summed E-state index contributed by atoms with van der Waals surface area (Å²) in [6, 6.07) is 9.49. The minimum absolute atomic E-state index is 0.289. The molecule has 0 aliphatic carbocycles. The Bertz CT molecular complexity index is 687. The molecule has 0 amide bonds. The van der Waals surface area contributed by atoms with E-state index in [0.717, 1.165) is 11.1 Å². The number of rotatable bonds is 6. The molecule has 0 radical (unpaired) electrons. The van der Waals surface area contributed by atoms with Gasteiger partial charge in [0.05, 0.1) is 33.8 Å². The van der Waals surface area contributed by atoms with Gasteiger partial charge in [-0.15, -0.1) is 0 Å². The molecule has 2 aromatic carbocycles. The van der Waals surface area contributed by atoms with Crippen LogP contribution in [-0.2, 0) is 0 Å². The zero-order valence-corrected chi connectivity index (χ0v) is 13.1. The highest BCUT2D eigenvalue weighted by molar-refractivity contribution is 5.84. The van der Waals surface area contributed by atoms with Crippen molar-refractivity contribution in [1.29, 1.82) is 0 Å². The Balaban J connectivity index is 2.17. The van der Waals surface area contributed by atoms with Gasteiger partial charge in [-0.2, -0.15) is 10.2 Å². The fourth-order valence-corrected chi connectivity index (χ4v) is 1.92. The van der Waals surface area contributed by atoms with Crippen LogP contribution in [0.5, 0.6) is 17.2 Å². The van der Waals surface area contributed by atoms with Crippen LogP contribution in [-0.4, -0.2) is 33.8 Å². The third kappa shape index (κ3) is 4.29. The molecular weight excluding hydrogens is 299 g/mol. The van der Waals surface area contributed by atoms with Crippen molar-refractivity contribution in [3.05, 3.63) is 53.3 Å². The van der Waals surface area contributed by atoms with E-state index in [0.29, 0.717) is 17.2 Å². The molecule has 0 saturated carbocycles. The maximum Gasteiger partial charge on any atom is 0.203 e. The summed E-state index contributed by atoms with van der Waals surface area (Å²) in [4.78, 5) is 0. The van der Waals surface area contributed by atoms with Gasteiger partial charge in [0.15, 0.2) is 11.5 Å². The SMILES string of the molecule is COc1cc(C=NN=Cc2ccc(F)cc2)cc(OC)c1OC. The van der Waals surface area contributed by atoms with Crippen molar-refractivity contribution in [3.8, 4) is 17.2 Å². The summed E-state index contributed by atoms with van der Waals surface area (Å²) >= 11 is 0. The van der Waals surface area contributed by atoms with E-state index < -0.39 is 0 Å². The Hall–Kier alpha value is -2.89. The Kier molecular flexibility index (Phi) is 5.68. The second-order valence-electron chi connectivity index (χ2n) is 4.50. The van der Waals surface area contributed by atoms with Gasteiger partial charge in [-0.1, -0.05) is 12.1 Å². The molecule has 6 heteroatoms. The molecule has 0 bridgehead atoms. The van der Waals surface area contributed by atoms with Gasteiger partial charge in [0.25, 0.3) is 0 Å². The van der Waals surface area contributed by atoms with Crippen LogP contribution in [0, 0.1) is 5.82 Å². The third-order valence-corrected chi connectivity index (χ3v) is 3.04. The summed E-state index contributed by atoms with van der Waals surface area (Å²) in [7, 11) is 4.64. The lowest BCUT2D eigenvalue weighted by atomic mass is 10.2. The number of methoxy groups -OCH3 is 3. The second kappa shape index (κ2) is 7.93. The predicted octanol–water partition coefficient (Wildman–Crippen LogP) is 3.30. The van der Waals surface area contributed by atoms with Gasteiger partial charge < -0.3 is 14.2 Å². The molecule has 0 aliphatic rings. The molecule has 0 aliphatic heterocycles. The van der Waals surface area contributed by atoms with Gasteiger partial charge in [-0.3, -0.25) is 0 Å². The molecule has 23 heavy (non-hydrogen) atoms. The molecule has 0 atom stereocenters. The first-order valence-corrected chi connectivity index (χ1v) is 6.80. The van der Waals surface area contributed by atoms with E-state index in [1.807, 2.05) is 0 Å². The van der Waals surface area contributed by atoms with Gasteiger partial charge in [0.1, 0.15) is 5.82 Å². The number of halogens is 1. The Labute approximate surface area is 134 Å². The first-order valence-electron chi connectivity index (χ1n) is 6.80. The van der Waals surface area contributed by atoms with E-state index in [1.165, 1.54) is 18.3 Å². The highest BCUT2D eigenvalue weighted by Crippen LogP contribution is 2.37. The van der Waals surface area contributed by atoms with Crippen LogP contribution in [0.25, 0.3) is 0 Å². The smallest absolute Gasteiger partial charge is 0.203 e. The summed E-state index contributed by atoms with van der Waals surface area (Å²) in [5.74, 6) is 1.30. The van der Waals surface area contributed by atoms with Crippen molar-refractivity contribution < 1.29 is 18.6 Å². The molecule has 0 unspecified atom stereocenters. The minimum atomic E-state index is -0.289. The van der Waals surface area contributed by atoms with Crippen molar-refractivity contribution in [2.45, 2.75) is 0 Å². The van der Waals surface area contributed by atoms with Crippen molar-refractivity contribution in [2.75, 3.05) is 21.3 Å². The number of benzene rings is 2. The second-order valence-corrected chi connectivity index (χ2v) is 4.50. The summed E-state index contributed by atoms with van der Waals surface area (Å²) in [5, 5.41) is 7.89. The van der Waals surface area contributed by atoms with Crippen LogP contribution in [0.2, 0.25) is 0 Å². The zero-order chi connectivity index (χ0) is 16.7. The van der Waals surface area contributed by atoms with Crippen LogP contribution in [0.15, 0.2) is 46.6 Å². The third-order valence-electron chi connectivity index (χ3n) is 3.04. The fourth-order valence-electron chi connectivity index (χ4n) is 1.92. The zero-order valence-electron chi connectivity index (χ0n) is 13.1. The van der Waals surface area contributed by atoms with Crippen LogP contribution in [0.3, 0.4) is 0 Å². The molecule has 0 fully saturated rings.